The van der Waals surface area contributed by atoms with Crippen LogP contribution in [0.5, 0.6) is 6.01 Å². The van der Waals surface area contributed by atoms with E-state index in [0.717, 1.165) is 13.0 Å². The lowest BCUT2D eigenvalue weighted by molar-refractivity contribution is 0.221. The SMILES string of the molecule is CC1CCC(C)N(c2nc(NN)nc(OC(C)C)n2)C1. The van der Waals surface area contributed by atoms with Crippen molar-refractivity contribution < 1.29 is 4.74 Å². The maximum Gasteiger partial charge on any atom is 0.323 e. The molecule has 1 aliphatic heterocycles. The van der Waals surface area contributed by atoms with E-state index in [1.165, 1.54) is 6.42 Å². The highest BCUT2D eigenvalue weighted by molar-refractivity contribution is 5.39. The predicted octanol–water partition coefficient (Wildman–Crippen LogP) is 1.57. The summed E-state index contributed by atoms with van der Waals surface area (Å²) in [5.41, 5.74) is 2.48. The van der Waals surface area contributed by atoms with Crippen molar-refractivity contribution >= 4 is 11.9 Å². The molecule has 3 N–H and O–H groups in total. The van der Waals surface area contributed by atoms with Gasteiger partial charge in [0, 0.05) is 12.6 Å². The van der Waals surface area contributed by atoms with Crippen molar-refractivity contribution in [1.29, 1.82) is 0 Å². The summed E-state index contributed by atoms with van der Waals surface area (Å²) in [6.07, 6.45) is 2.38. The number of nitrogens with one attached hydrogen (secondary N) is 1. The number of aromatic nitrogens is 3. The Morgan fingerprint density at radius 1 is 1.25 bits per heavy atom. The zero-order valence-electron chi connectivity index (χ0n) is 12.6. The normalized spacial score (nSPS) is 23.0. The van der Waals surface area contributed by atoms with Gasteiger partial charge >= 0.3 is 6.01 Å². The van der Waals surface area contributed by atoms with Crippen LogP contribution in [0.2, 0.25) is 0 Å². The summed E-state index contributed by atoms with van der Waals surface area (Å²) in [6.45, 7) is 9.24. The van der Waals surface area contributed by atoms with E-state index in [1.54, 1.807) is 0 Å². The van der Waals surface area contributed by atoms with Crippen LogP contribution in [-0.4, -0.2) is 33.6 Å². The van der Waals surface area contributed by atoms with E-state index in [4.69, 9.17) is 10.6 Å². The molecule has 2 atom stereocenters. The lowest BCUT2D eigenvalue weighted by Gasteiger charge is -2.36. The van der Waals surface area contributed by atoms with Gasteiger partial charge in [-0.15, -0.1) is 0 Å². The Labute approximate surface area is 119 Å². The van der Waals surface area contributed by atoms with E-state index in [9.17, 15) is 0 Å². The molecule has 2 unspecified atom stereocenters. The first kappa shape index (κ1) is 14.8. The Bertz CT molecular complexity index is 452. The van der Waals surface area contributed by atoms with Crippen molar-refractivity contribution in [1.82, 2.24) is 15.0 Å². The zero-order chi connectivity index (χ0) is 14.7. The molecule has 0 saturated carbocycles. The van der Waals surface area contributed by atoms with Crippen LogP contribution < -0.4 is 20.9 Å². The molecule has 0 aliphatic carbocycles. The Hall–Kier alpha value is -1.63. The van der Waals surface area contributed by atoms with Crippen LogP contribution in [0.4, 0.5) is 11.9 Å². The average Bonchev–Trinajstić information content (AvgIpc) is 2.40. The second-order valence-electron chi connectivity index (χ2n) is 5.74. The predicted molar refractivity (Wildman–Crippen MR) is 78.6 cm³/mol. The molecule has 0 aromatic carbocycles. The molecule has 1 aliphatic rings. The van der Waals surface area contributed by atoms with Gasteiger partial charge in [-0.05, 0) is 39.5 Å². The molecule has 1 fully saturated rings. The number of piperidine rings is 1. The van der Waals surface area contributed by atoms with Gasteiger partial charge in [0.05, 0.1) is 6.10 Å². The van der Waals surface area contributed by atoms with Crippen LogP contribution >= 0.6 is 0 Å². The van der Waals surface area contributed by atoms with Crippen LogP contribution in [0, 0.1) is 5.92 Å². The van der Waals surface area contributed by atoms with Gasteiger partial charge in [-0.3, -0.25) is 5.43 Å². The fourth-order valence-electron chi connectivity index (χ4n) is 2.37. The molecule has 1 aromatic heterocycles. The Balaban J connectivity index is 2.29. The summed E-state index contributed by atoms with van der Waals surface area (Å²) in [5, 5.41) is 0. The molecule has 112 valence electrons. The van der Waals surface area contributed by atoms with Crippen LogP contribution in [0.15, 0.2) is 0 Å². The van der Waals surface area contributed by atoms with Crippen LogP contribution in [0.25, 0.3) is 0 Å². The van der Waals surface area contributed by atoms with Crippen molar-refractivity contribution in [2.45, 2.75) is 52.7 Å². The van der Waals surface area contributed by atoms with Crippen molar-refractivity contribution in [2.75, 3.05) is 16.9 Å². The summed E-state index contributed by atoms with van der Waals surface area (Å²) in [5.74, 6) is 7.02. The Morgan fingerprint density at radius 3 is 2.65 bits per heavy atom. The number of hydrazine groups is 1. The van der Waals surface area contributed by atoms with Gasteiger partial charge in [0.25, 0.3) is 0 Å². The first-order valence-electron chi connectivity index (χ1n) is 7.15. The van der Waals surface area contributed by atoms with Crippen molar-refractivity contribution in [3.05, 3.63) is 0 Å². The number of anilines is 2. The van der Waals surface area contributed by atoms with Gasteiger partial charge in [-0.1, -0.05) is 6.92 Å². The summed E-state index contributed by atoms with van der Waals surface area (Å²) in [6, 6.07) is 0.717. The fourth-order valence-corrected chi connectivity index (χ4v) is 2.37. The number of nitrogen functional groups attached to an aromatic ring is 1. The molecule has 2 rings (SSSR count). The lowest BCUT2D eigenvalue weighted by atomic mass is 9.95. The quantitative estimate of drug-likeness (QED) is 0.639. The highest BCUT2D eigenvalue weighted by atomic mass is 16.5. The van der Waals surface area contributed by atoms with Crippen LogP contribution in [0.1, 0.15) is 40.5 Å². The zero-order valence-corrected chi connectivity index (χ0v) is 12.6. The molecular weight excluding hydrogens is 256 g/mol. The molecule has 1 saturated heterocycles. The van der Waals surface area contributed by atoms with Crippen LogP contribution in [0.3, 0.4) is 0 Å². The maximum atomic E-state index is 5.57. The van der Waals surface area contributed by atoms with Gasteiger partial charge < -0.3 is 9.64 Å². The second-order valence-corrected chi connectivity index (χ2v) is 5.74. The number of rotatable bonds is 4. The number of hydrogen-bond acceptors (Lipinski definition) is 7. The first-order valence-corrected chi connectivity index (χ1v) is 7.15. The third-order valence-electron chi connectivity index (χ3n) is 3.45. The molecule has 20 heavy (non-hydrogen) atoms. The van der Waals surface area contributed by atoms with E-state index in [-0.39, 0.29) is 6.10 Å². The standard InChI is InChI=1S/C13H24N6O/c1-8(2)20-13-16-11(18-14)15-12(17-13)19-7-9(3)5-6-10(19)4/h8-10H,5-7,14H2,1-4H3,(H,15,16,17,18). The van der Waals surface area contributed by atoms with Crippen LogP contribution in [-0.2, 0) is 0 Å². The van der Waals surface area contributed by atoms with E-state index in [0.29, 0.717) is 29.9 Å². The molecule has 0 radical (unpaired) electrons. The van der Waals surface area contributed by atoms with Gasteiger partial charge in [0.2, 0.25) is 11.9 Å². The lowest BCUT2D eigenvalue weighted by Crippen LogP contribution is -2.42. The molecule has 0 bridgehead atoms. The van der Waals surface area contributed by atoms with Crippen molar-refractivity contribution in [2.24, 2.45) is 11.8 Å². The molecule has 2 heterocycles. The Kier molecular flexibility index (Phi) is 4.59. The molecule has 7 heteroatoms. The third kappa shape index (κ3) is 3.47. The highest BCUT2D eigenvalue weighted by Crippen LogP contribution is 2.26. The third-order valence-corrected chi connectivity index (χ3v) is 3.45. The van der Waals surface area contributed by atoms with E-state index in [2.05, 4.69) is 39.1 Å². The molecule has 0 amide bonds. The van der Waals surface area contributed by atoms with E-state index in [1.807, 2.05) is 13.8 Å². The maximum absolute atomic E-state index is 5.57. The number of ether oxygens (including phenoxy) is 1. The van der Waals surface area contributed by atoms with Crippen molar-refractivity contribution in [3.8, 4) is 6.01 Å². The van der Waals surface area contributed by atoms with Gasteiger partial charge in [-0.25, -0.2) is 5.84 Å². The topological polar surface area (TPSA) is 89.2 Å². The highest BCUT2D eigenvalue weighted by Gasteiger charge is 2.26. The van der Waals surface area contributed by atoms with E-state index < -0.39 is 0 Å². The summed E-state index contributed by atoms with van der Waals surface area (Å²) in [7, 11) is 0. The first-order chi connectivity index (χ1) is 9.49. The Morgan fingerprint density at radius 2 is 2.00 bits per heavy atom. The minimum Gasteiger partial charge on any atom is -0.461 e. The smallest absolute Gasteiger partial charge is 0.323 e. The second kappa shape index (κ2) is 6.21. The molecular formula is C13H24N6O. The van der Waals surface area contributed by atoms with Gasteiger partial charge in [0.1, 0.15) is 0 Å². The minimum absolute atomic E-state index is 0.00794. The van der Waals surface area contributed by atoms with Gasteiger partial charge in [-0.2, -0.15) is 15.0 Å². The number of nitrogens with zero attached hydrogens (tertiary/aromatic N) is 4. The number of hydrogen-bond donors (Lipinski definition) is 2. The monoisotopic (exact) mass is 280 g/mol. The van der Waals surface area contributed by atoms with Gasteiger partial charge in [0.15, 0.2) is 0 Å². The minimum atomic E-state index is 0.00794. The summed E-state index contributed by atoms with van der Waals surface area (Å²) < 4.78 is 5.57. The largest absolute Gasteiger partial charge is 0.461 e. The van der Waals surface area contributed by atoms with E-state index >= 15 is 0 Å². The average molecular weight is 280 g/mol. The number of nitrogens with two attached hydrogens (primary N) is 1. The molecule has 1 aromatic rings. The van der Waals surface area contributed by atoms with Crippen molar-refractivity contribution in [3.63, 3.8) is 0 Å². The summed E-state index contributed by atoms with van der Waals surface area (Å²) in [4.78, 5) is 15.1. The summed E-state index contributed by atoms with van der Waals surface area (Å²) >= 11 is 0. The molecule has 0 spiro atoms. The fraction of sp³-hybridized carbons (Fsp3) is 0.769. The molecule has 7 nitrogen and oxygen atoms in total.